The Morgan fingerprint density at radius 3 is 2.61 bits per heavy atom. The van der Waals surface area contributed by atoms with Gasteiger partial charge in [0.15, 0.2) is 0 Å². The van der Waals surface area contributed by atoms with Crippen LogP contribution in [-0.2, 0) is 0 Å². The third-order valence-electron chi connectivity index (χ3n) is 4.28. The molecule has 1 fully saturated rings. The van der Waals surface area contributed by atoms with Crippen molar-refractivity contribution in [2.75, 3.05) is 11.9 Å². The number of hydrogen-bond acceptors (Lipinski definition) is 3. The molecular formula is C18H23N3OS. The topological polar surface area (TPSA) is 54.0 Å². The Labute approximate surface area is 141 Å². The summed E-state index contributed by atoms with van der Waals surface area (Å²) < 4.78 is 0. The van der Waals surface area contributed by atoms with Crippen molar-refractivity contribution < 1.29 is 4.79 Å². The molecule has 1 aliphatic rings. The molecule has 4 nitrogen and oxygen atoms in total. The lowest BCUT2D eigenvalue weighted by Crippen LogP contribution is -2.33. The number of aryl methyl sites for hydroxylation is 1. The number of hydrogen-bond donors (Lipinski definition) is 2. The van der Waals surface area contributed by atoms with Gasteiger partial charge in [0.2, 0.25) is 0 Å². The van der Waals surface area contributed by atoms with E-state index in [1.165, 1.54) is 32.1 Å². The van der Waals surface area contributed by atoms with Crippen LogP contribution in [0.15, 0.2) is 29.6 Å². The molecule has 0 unspecified atom stereocenters. The maximum absolute atomic E-state index is 12.0. The molecule has 1 aliphatic carbocycles. The molecule has 1 saturated carbocycles. The molecule has 0 aliphatic heterocycles. The molecule has 5 heteroatoms. The second-order valence-electron chi connectivity index (χ2n) is 6.21. The van der Waals surface area contributed by atoms with E-state index in [2.05, 4.69) is 15.6 Å². The molecule has 3 rings (SSSR count). The molecule has 2 N–H and O–H groups in total. The maximum atomic E-state index is 12.0. The zero-order chi connectivity index (χ0) is 16.1. The first-order chi connectivity index (χ1) is 11.2. The van der Waals surface area contributed by atoms with Crippen molar-refractivity contribution in [2.45, 2.75) is 39.0 Å². The number of rotatable bonds is 4. The number of benzene rings is 1. The predicted octanol–water partition coefficient (Wildman–Crippen LogP) is 4.82. The van der Waals surface area contributed by atoms with Crippen molar-refractivity contribution in [1.29, 1.82) is 0 Å². The van der Waals surface area contributed by atoms with Crippen molar-refractivity contribution in [3.05, 3.63) is 35.3 Å². The number of nitrogens with zero attached hydrogens (tertiary/aromatic N) is 1. The van der Waals surface area contributed by atoms with Gasteiger partial charge in [-0.25, -0.2) is 9.78 Å². The average molecular weight is 329 g/mol. The summed E-state index contributed by atoms with van der Waals surface area (Å²) in [6.45, 7) is 2.77. The van der Waals surface area contributed by atoms with Crippen LogP contribution >= 0.6 is 11.3 Å². The Kier molecular flexibility index (Phi) is 5.28. The molecule has 0 spiro atoms. The van der Waals surface area contributed by atoms with E-state index in [1.807, 2.05) is 36.6 Å². The first-order valence-electron chi connectivity index (χ1n) is 8.28. The van der Waals surface area contributed by atoms with Crippen molar-refractivity contribution in [2.24, 2.45) is 5.92 Å². The van der Waals surface area contributed by atoms with Gasteiger partial charge in [0.25, 0.3) is 0 Å². The summed E-state index contributed by atoms with van der Waals surface area (Å²) in [7, 11) is 0. The Balaban J connectivity index is 1.50. The summed E-state index contributed by atoms with van der Waals surface area (Å²) in [4.78, 5) is 16.5. The molecule has 0 bridgehead atoms. The van der Waals surface area contributed by atoms with Crippen molar-refractivity contribution in [3.63, 3.8) is 0 Å². The number of aromatic nitrogens is 1. The third-order valence-corrected chi connectivity index (χ3v) is 5.29. The summed E-state index contributed by atoms with van der Waals surface area (Å²) >= 11 is 1.64. The van der Waals surface area contributed by atoms with Gasteiger partial charge >= 0.3 is 6.03 Å². The number of nitrogens with one attached hydrogen (secondary N) is 2. The van der Waals surface area contributed by atoms with Crippen LogP contribution < -0.4 is 10.6 Å². The van der Waals surface area contributed by atoms with Gasteiger partial charge in [-0.1, -0.05) is 19.3 Å². The highest BCUT2D eigenvalue weighted by Gasteiger charge is 2.14. The van der Waals surface area contributed by atoms with E-state index >= 15 is 0 Å². The zero-order valence-electron chi connectivity index (χ0n) is 13.5. The van der Waals surface area contributed by atoms with Gasteiger partial charge in [-0.05, 0) is 49.9 Å². The van der Waals surface area contributed by atoms with E-state index in [0.717, 1.165) is 28.5 Å². The highest BCUT2D eigenvalue weighted by atomic mass is 32.1. The minimum Gasteiger partial charge on any atom is -0.338 e. The number of amides is 2. The van der Waals surface area contributed by atoms with Crippen LogP contribution in [0.3, 0.4) is 0 Å². The predicted molar refractivity (Wildman–Crippen MR) is 95.9 cm³/mol. The highest BCUT2D eigenvalue weighted by Crippen LogP contribution is 2.25. The molecule has 23 heavy (non-hydrogen) atoms. The number of urea groups is 1. The van der Waals surface area contributed by atoms with Crippen LogP contribution in [0.25, 0.3) is 10.6 Å². The molecule has 122 valence electrons. The molecule has 0 saturated heterocycles. The van der Waals surface area contributed by atoms with E-state index < -0.39 is 0 Å². The lowest BCUT2D eigenvalue weighted by atomic mass is 9.89. The Hall–Kier alpha value is -1.88. The summed E-state index contributed by atoms with van der Waals surface area (Å²) in [5.41, 5.74) is 2.92. The monoisotopic (exact) mass is 329 g/mol. The van der Waals surface area contributed by atoms with Gasteiger partial charge in [-0.2, -0.15) is 0 Å². The summed E-state index contributed by atoms with van der Waals surface area (Å²) in [6.07, 6.45) is 6.41. The molecule has 1 aromatic heterocycles. The van der Waals surface area contributed by atoms with Crippen LogP contribution in [0.4, 0.5) is 10.5 Å². The molecule has 2 amide bonds. The minimum atomic E-state index is -0.117. The summed E-state index contributed by atoms with van der Waals surface area (Å²) in [5.74, 6) is 0.644. The Bertz CT molecular complexity index is 645. The summed E-state index contributed by atoms with van der Waals surface area (Å²) in [6, 6.07) is 7.72. The first kappa shape index (κ1) is 16.0. The minimum absolute atomic E-state index is 0.117. The van der Waals surface area contributed by atoms with Crippen molar-refractivity contribution in [1.82, 2.24) is 10.3 Å². The number of carbonyl (C=O) groups is 1. The van der Waals surface area contributed by atoms with E-state index in [0.29, 0.717) is 5.92 Å². The van der Waals surface area contributed by atoms with Gasteiger partial charge in [0.05, 0.1) is 0 Å². The highest BCUT2D eigenvalue weighted by molar-refractivity contribution is 7.13. The van der Waals surface area contributed by atoms with E-state index in [9.17, 15) is 4.79 Å². The van der Waals surface area contributed by atoms with Crippen LogP contribution in [0, 0.1) is 12.8 Å². The molecule has 2 aromatic rings. The average Bonchev–Trinajstić information content (AvgIpc) is 3.01. The number of anilines is 1. The van der Waals surface area contributed by atoms with E-state index in [-0.39, 0.29) is 6.03 Å². The van der Waals surface area contributed by atoms with E-state index in [1.54, 1.807) is 11.3 Å². The Morgan fingerprint density at radius 1 is 1.22 bits per heavy atom. The van der Waals surface area contributed by atoms with Gasteiger partial charge in [-0.15, -0.1) is 11.3 Å². The quantitative estimate of drug-likeness (QED) is 0.845. The largest absolute Gasteiger partial charge is 0.338 e. The standard InChI is InChI=1S/C18H23N3OS/c1-13-12-23-17(20-13)15-7-9-16(10-8-15)21-18(22)19-11-14-5-3-2-4-6-14/h7-10,12,14H,2-6,11H2,1H3,(H2,19,21,22). The molecular weight excluding hydrogens is 306 g/mol. The van der Waals surface area contributed by atoms with Gasteiger partial charge in [0, 0.05) is 28.9 Å². The van der Waals surface area contributed by atoms with Gasteiger partial charge in [-0.3, -0.25) is 0 Å². The zero-order valence-corrected chi connectivity index (χ0v) is 14.3. The van der Waals surface area contributed by atoms with Crippen LogP contribution in [0.1, 0.15) is 37.8 Å². The van der Waals surface area contributed by atoms with Crippen LogP contribution in [-0.4, -0.2) is 17.6 Å². The fraction of sp³-hybridized carbons (Fsp3) is 0.444. The van der Waals surface area contributed by atoms with Crippen LogP contribution in [0.5, 0.6) is 0 Å². The second-order valence-corrected chi connectivity index (χ2v) is 7.07. The fourth-order valence-corrected chi connectivity index (χ4v) is 3.79. The van der Waals surface area contributed by atoms with Crippen LogP contribution in [0.2, 0.25) is 0 Å². The SMILES string of the molecule is Cc1csc(-c2ccc(NC(=O)NCC3CCCCC3)cc2)n1. The lowest BCUT2D eigenvalue weighted by Gasteiger charge is -2.21. The van der Waals surface area contributed by atoms with Gasteiger partial charge < -0.3 is 10.6 Å². The summed E-state index contributed by atoms with van der Waals surface area (Å²) in [5, 5.41) is 8.94. The molecule has 1 aromatic carbocycles. The number of carbonyl (C=O) groups excluding carboxylic acids is 1. The Morgan fingerprint density at radius 2 is 1.96 bits per heavy atom. The van der Waals surface area contributed by atoms with Crippen molar-refractivity contribution >= 4 is 23.1 Å². The molecule has 1 heterocycles. The number of thiazole rings is 1. The third kappa shape index (κ3) is 4.55. The first-order valence-corrected chi connectivity index (χ1v) is 9.16. The molecule has 0 atom stereocenters. The smallest absolute Gasteiger partial charge is 0.319 e. The lowest BCUT2D eigenvalue weighted by molar-refractivity contribution is 0.247. The van der Waals surface area contributed by atoms with E-state index in [4.69, 9.17) is 0 Å². The molecule has 0 radical (unpaired) electrons. The van der Waals surface area contributed by atoms with Crippen molar-refractivity contribution in [3.8, 4) is 10.6 Å². The van der Waals surface area contributed by atoms with Gasteiger partial charge in [0.1, 0.15) is 5.01 Å². The second kappa shape index (κ2) is 7.59. The fourth-order valence-electron chi connectivity index (χ4n) is 2.99. The maximum Gasteiger partial charge on any atom is 0.319 e. The normalized spacial score (nSPS) is 15.3.